The Labute approximate surface area is 77.9 Å². The van der Waals surface area contributed by atoms with E-state index in [0.29, 0.717) is 9.90 Å². The molecule has 0 aliphatic heterocycles. The van der Waals surface area contributed by atoms with E-state index in [-0.39, 0.29) is 12.3 Å². The fourth-order valence-corrected chi connectivity index (χ4v) is 1.72. The van der Waals surface area contributed by atoms with Gasteiger partial charge in [-0.15, -0.1) is 0 Å². The zero-order valence-electron chi connectivity index (χ0n) is 6.20. The van der Waals surface area contributed by atoms with E-state index in [1.165, 1.54) is 7.11 Å². The monoisotopic (exact) mass is 207 g/mol. The van der Waals surface area contributed by atoms with E-state index in [2.05, 4.69) is 4.37 Å². The topological polar surface area (TPSA) is 59.4 Å². The van der Waals surface area contributed by atoms with Gasteiger partial charge in [-0.25, -0.2) is 0 Å². The van der Waals surface area contributed by atoms with Gasteiger partial charge in [0, 0.05) is 0 Å². The first-order chi connectivity index (χ1) is 5.65. The third-order valence-electron chi connectivity index (χ3n) is 1.18. The Bertz CT molecular complexity index is 299. The van der Waals surface area contributed by atoms with Crippen LogP contribution in [0.4, 0.5) is 0 Å². The van der Waals surface area contributed by atoms with Crippen LogP contribution >= 0.6 is 23.1 Å². The summed E-state index contributed by atoms with van der Waals surface area (Å²) < 4.78 is 8.59. The Kier molecular flexibility index (Phi) is 2.88. The van der Waals surface area contributed by atoms with E-state index in [4.69, 9.17) is 21.4 Å². The molecule has 0 fully saturated rings. The maximum Gasteiger partial charge on any atom is 0.308 e. The summed E-state index contributed by atoms with van der Waals surface area (Å²) in [5, 5.41) is 8.75. The molecule has 0 saturated carbocycles. The van der Waals surface area contributed by atoms with Crippen molar-refractivity contribution >= 4 is 29.1 Å². The fraction of sp³-hybridized carbons (Fsp3) is 0.333. The minimum Gasteiger partial charge on any atom is -0.481 e. The highest BCUT2D eigenvalue weighted by Gasteiger charge is 2.14. The van der Waals surface area contributed by atoms with Crippen molar-refractivity contribution in [3.05, 3.63) is 9.90 Å². The third-order valence-corrected chi connectivity index (χ3v) is 2.50. The van der Waals surface area contributed by atoms with Crippen LogP contribution < -0.4 is 4.74 Å². The minimum atomic E-state index is -0.928. The SMILES string of the molecule is COc1nsc(CC(=O)O)c1Cl. The van der Waals surface area contributed by atoms with Gasteiger partial charge in [-0.2, -0.15) is 4.37 Å². The number of carbonyl (C=O) groups is 1. The first kappa shape index (κ1) is 9.28. The standard InChI is InChI=1S/C6H6ClNO3S/c1-11-6-5(7)3(12-8-6)2-4(9)10/h2H2,1H3,(H,9,10). The number of aromatic nitrogens is 1. The Morgan fingerprint density at radius 2 is 2.50 bits per heavy atom. The molecule has 0 atom stereocenters. The molecule has 0 bridgehead atoms. The van der Waals surface area contributed by atoms with Gasteiger partial charge in [0.05, 0.1) is 18.4 Å². The molecule has 0 aliphatic rings. The Morgan fingerprint density at radius 1 is 1.83 bits per heavy atom. The van der Waals surface area contributed by atoms with Crippen molar-refractivity contribution in [2.75, 3.05) is 7.11 Å². The number of rotatable bonds is 3. The fourth-order valence-electron chi connectivity index (χ4n) is 0.670. The number of carboxylic acid groups (broad SMARTS) is 1. The molecule has 1 heterocycles. The second kappa shape index (κ2) is 3.73. The van der Waals surface area contributed by atoms with E-state index in [1.807, 2.05) is 0 Å². The zero-order chi connectivity index (χ0) is 9.14. The smallest absolute Gasteiger partial charge is 0.308 e. The summed E-state index contributed by atoms with van der Waals surface area (Å²) in [5.41, 5.74) is 0. The molecule has 0 amide bonds. The Morgan fingerprint density at radius 3 is 2.92 bits per heavy atom. The second-order valence-electron chi connectivity index (χ2n) is 2.00. The summed E-state index contributed by atoms with van der Waals surface area (Å²) in [6, 6.07) is 0. The van der Waals surface area contributed by atoms with Crippen LogP contribution in [0, 0.1) is 0 Å². The zero-order valence-corrected chi connectivity index (χ0v) is 7.78. The van der Waals surface area contributed by atoms with Crippen molar-refractivity contribution in [2.45, 2.75) is 6.42 Å². The molecule has 0 saturated heterocycles. The molecule has 1 aromatic rings. The van der Waals surface area contributed by atoms with Crippen LogP contribution in [0.25, 0.3) is 0 Å². The minimum absolute atomic E-state index is 0.111. The lowest BCUT2D eigenvalue weighted by atomic mass is 10.3. The number of nitrogens with zero attached hydrogens (tertiary/aromatic N) is 1. The number of aliphatic carboxylic acids is 1. The molecule has 1 N–H and O–H groups in total. The number of hydrogen-bond acceptors (Lipinski definition) is 4. The average molecular weight is 208 g/mol. The highest BCUT2D eigenvalue weighted by atomic mass is 35.5. The maximum atomic E-state index is 10.3. The van der Waals surface area contributed by atoms with Gasteiger partial charge in [0.25, 0.3) is 0 Å². The molecular formula is C6H6ClNO3S. The summed E-state index contributed by atoms with van der Waals surface area (Å²) in [6.45, 7) is 0. The maximum absolute atomic E-state index is 10.3. The summed E-state index contributed by atoms with van der Waals surface area (Å²) in [5.74, 6) is -0.638. The summed E-state index contributed by atoms with van der Waals surface area (Å²) in [4.78, 5) is 10.8. The van der Waals surface area contributed by atoms with Crippen molar-refractivity contribution in [3.63, 3.8) is 0 Å². The van der Waals surface area contributed by atoms with Crippen molar-refractivity contribution in [2.24, 2.45) is 0 Å². The number of methoxy groups -OCH3 is 1. The van der Waals surface area contributed by atoms with Crippen LogP contribution in [0.5, 0.6) is 5.88 Å². The Hall–Kier alpha value is -0.810. The van der Waals surface area contributed by atoms with E-state index >= 15 is 0 Å². The molecule has 66 valence electrons. The van der Waals surface area contributed by atoms with Crippen LogP contribution in [0.1, 0.15) is 4.88 Å². The number of carboxylic acids is 1. The summed E-state index contributed by atoms with van der Waals surface area (Å²) in [6.07, 6.45) is -0.111. The highest BCUT2D eigenvalue weighted by molar-refractivity contribution is 7.06. The number of halogens is 1. The molecule has 4 nitrogen and oxygen atoms in total. The van der Waals surface area contributed by atoms with E-state index in [0.717, 1.165) is 11.5 Å². The van der Waals surface area contributed by atoms with Gasteiger partial charge < -0.3 is 9.84 Å². The molecule has 1 rings (SSSR count). The summed E-state index contributed by atoms with van der Waals surface area (Å²) in [7, 11) is 1.44. The molecule has 0 radical (unpaired) electrons. The molecular weight excluding hydrogens is 202 g/mol. The molecule has 6 heteroatoms. The van der Waals surface area contributed by atoms with Crippen LogP contribution in [-0.4, -0.2) is 22.6 Å². The van der Waals surface area contributed by atoms with Crippen LogP contribution in [0.15, 0.2) is 0 Å². The summed E-state index contributed by atoms with van der Waals surface area (Å²) >= 11 is 6.77. The molecule has 0 aliphatic carbocycles. The van der Waals surface area contributed by atoms with Crippen molar-refractivity contribution in [1.82, 2.24) is 4.37 Å². The lowest BCUT2D eigenvalue weighted by Gasteiger charge is -1.93. The first-order valence-corrected chi connectivity index (χ1v) is 4.20. The van der Waals surface area contributed by atoms with Crippen LogP contribution in [0.2, 0.25) is 5.02 Å². The van der Waals surface area contributed by atoms with Gasteiger partial charge >= 0.3 is 5.97 Å². The van der Waals surface area contributed by atoms with Crippen molar-refractivity contribution in [3.8, 4) is 5.88 Å². The van der Waals surface area contributed by atoms with E-state index < -0.39 is 5.97 Å². The number of hydrogen-bond donors (Lipinski definition) is 1. The van der Waals surface area contributed by atoms with Gasteiger partial charge in [0.2, 0.25) is 5.88 Å². The molecule has 12 heavy (non-hydrogen) atoms. The lowest BCUT2D eigenvalue weighted by Crippen LogP contribution is -1.98. The van der Waals surface area contributed by atoms with Gasteiger partial charge in [-0.05, 0) is 11.5 Å². The molecule has 1 aromatic heterocycles. The predicted octanol–water partition coefficient (Wildman–Crippen LogP) is 1.43. The van der Waals surface area contributed by atoms with E-state index in [1.54, 1.807) is 0 Å². The predicted molar refractivity (Wildman–Crippen MR) is 45.0 cm³/mol. The van der Waals surface area contributed by atoms with Gasteiger partial charge in [0.15, 0.2) is 0 Å². The van der Waals surface area contributed by atoms with E-state index in [9.17, 15) is 4.79 Å². The Balaban J connectivity index is 2.87. The van der Waals surface area contributed by atoms with Crippen molar-refractivity contribution in [1.29, 1.82) is 0 Å². The van der Waals surface area contributed by atoms with Crippen LogP contribution in [-0.2, 0) is 11.2 Å². The molecule has 0 aromatic carbocycles. The average Bonchev–Trinajstić information content (AvgIpc) is 2.32. The number of ether oxygens (including phenoxy) is 1. The largest absolute Gasteiger partial charge is 0.481 e. The highest BCUT2D eigenvalue weighted by Crippen LogP contribution is 2.30. The lowest BCUT2D eigenvalue weighted by molar-refractivity contribution is -0.136. The second-order valence-corrected chi connectivity index (χ2v) is 3.24. The molecule has 0 spiro atoms. The van der Waals surface area contributed by atoms with Gasteiger partial charge in [-0.1, -0.05) is 11.6 Å². The van der Waals surface area contributed by atoms with Crippen molar-refractivity contribution < 1.29 is 14.6 Å². The van der Waals surface area contributed by atoms with Gasteiger partial charge in [-0.3, -0.25) is 4.79 Å². The third kappa shape index (κ3) is 1.86. The van der Waals surface area contributed by atoms with Crippen LogP contribution in [0.3, 0.4) is 0 Å². The first-order valence-electron chi connectivity index (χ1n) is 3.05. The van der Waals surface area contributed by atoms with Gasteiger partial charge in [0.1, 0.15) is 5.02 Å². The molecule has 0 unspecified atom stereocenters. The quantitative estimate of drug-likeness (QED) is 0.815. The normalized spacial score (nSPS) is 9.83.